The lowest BCUT2D eigenvalue weighted by atomic mass is 10.1. The van der Waals surface area contributed by atoms with Gasteiger partial charge < -0.3 is 20.5 Å². The minimum absolute atomic E-state index is 0. The predicted octanol–water partition coefficient (Wildman–Crippen LogP) is 4.13. The number of benzene rings is 2. The van der Waals surface area contributed by atoms with Crippen molar-refractivity contribution < 1.29 is 4.79 Å². The Kier molecular flexibility index (Phi) is 7.95. The van der Waals surface area contributed by atoms with E-state index in [-0.39, 0.29) is 29.9 Å². The summed E-state index contributed by atoms with van der Waals surface area (Å²) in [5.74, 6) is 1.00. The van der Waals surface area contributed by atoms with Gasteiger partial charge in [-0.2, -0.15) is 0 Å². The summed E-state index contributed by atoms with van der Waals surface area (Å²) in [7, 11) is 1.78. The summed E-state index contributed by atoms with van der Waals surface area (Å²) in [6.07, 6.45) is 4.62. The molecular weight excluding hydrogens is 501 g/mol. The molecule has 1 amide bonds. The number of nitrogens with zero attached hydrogens (tertiary/aromatic N) is 2. The fraction of sp³-hybridized carbons (Fsp3) is 0.333. The van der Waals surface area contributed by atoms with Crippen LogP contribution in [0.3, 0.4) is 0 Å². The molecule has 0 atom stereocenters. The molecule has 3 N–H and O–H groups in total. The Morgan fingerprint density at radius 2 is 1.97 bits per heavy atom. The van der Waals surface area contributed by atoms with E-state index in [0.717, 1.165) is 43.1 Å². The molecule has 2 heterocycles. The van der Waals surface area contributed by atoms with Crippen LogP contribution in [0, 0.1) is 6.92 Å². The van der Waals surface area contributed by atoms with Crippen LogP contribution in [0.4, 0.5) is 5.69 Å². The normalized spacial score (nSPS) is 14.1. The number of carbonyl (C=O) groups excluding carboxylic acids is 1. The Balaban J connectivity index is 0.00000272. The first-order valence-electron chi connectivity index (χ1n) is 10.5. The quantitative estimate of drug-likeness (QED) is 0.255. The largest absolute Gasteiger partial charge is 0.361 e. The van der Waals surface area contributed by atoms with Crippen molar-refractivity contribution >= 4 is 52.4 Å². The van der Waals surface area contributed by atoms with Crippen LogP contribution in [0.5, 0.6) is 0 Å². The van der Waals surface area contributed by atoms with E-state index in [1.807, 2.05) is 17.0 Å². The molecule has 3 aromatic rings. The third-order valence-electron chi connectivity index (χ3n) is 5.69. The molecule has 1 aliphatic rings. The van der Waals surface area contributed by atoms with Crippen molar-refractivity contribution in [2.24, 2.45) is 4.99 Å². The molecule has 2 aromatic carbocycles. The molecular formula is C24H30IN5O. The number of hydrogen-bond acceptors (Lipinski definition) is 2. The lowest BCUT2D eigenvalue weighted by Gasteiger charge is -2.16. The van der Waals surface area contributed by atoms with Gasteiger partial charge in [0, 0.05) is 55.9 Å². The molecule has 0 unspecified atom stereocenters. The smallest absolute Gasteiger partial charge is 0.227 e. The van der Waals surface area contributed by atoms with Crippen LogP contribution in [-0.4, -0.2) is 37.0 Å². The van der Waals surface area contributed by atoms with Crippen molar-refractivity contribution in [3.8, 4) is 0 Å². The number of rotatable bonds is 6. The molecule has 164 valence electrons. The maximum absolute atomic E-state index is 11.9. The minimum Gasteiger partial charge on any atom is -0.361 e. The van der Waals surface area contributed by atoms with Crippen LogP contribution in [0.15, 0.2) is 53.7 Å². The zero-order chi connectivity index (χ0) is 20.9. The summed E-state index contributed by atoms with van der Waals surface area (Å²) in [6, 6.07) is 14.5. The van der Waals surface area contributed by atoms with Crippen molar-refractivity contribution in [1.29, 1.82) is 0 Å². The summed E-state index contributed by atoms with van der Waals surface area (Å²) >= 11 is 0. The van der Waals surface area contributed by atoms with Gasteiger partial charge in [-0.05, 0) is 54.7 Å². The highest BCUT2D eigenvalue weighted by Gasteiger charge is 2.21. The van der Waals surface area contributed by atoms with E-state index in [2.05, 4.69) is 64.1 Å². The Bertz CT molecular complexity index is 1060. The number of hydrogen-bond donors (Lipinski definition) is 3. The lowest BCUT2D eigenvalue weighted by molar-refractivity contribution is -0.117. The standard InChI is InChI=1S/C24H29N5O.HI/c1-17-5-3-6-21-23(17)19(16-27-21)12-13-26-24(25-2)28-15-18-8-10-20(11-9-18)29-14-4-7-22(29)30;/h3,5-6,8-11,16,27H,4,7,12-15H2,1-2H3,(H2,25,26,28);1H. The average Bonchev–Trinajstić information content (AvgIpc) is 3.38. The number of aryl methyl sites for hydroxylation is 1. The van der Waals surface area contributed by atoms with E-state index in [0.29, 0.717) is 13.0 Å². The number of fused-ring (bicyclic) bond motifs is 1. The van der Waals surface area contributed by atoms with Gasteiger partial charge in [-0.3, -0.25) is 9.79 Å². The summed E-state index contributed by atoms with van der Waals surface area (Å²) < 4.78 is 0. The number of anilines is 1. The predicted molar refractivity (Wildman–Crippen MR) is 138 cm³/mol. The van der Waals surface area contributed by atoms with Gasteiger partial charge in [0.15, 0.2) is 5.96 Å². The fourth-order valence-corrected chi connectivity index (χ4v) is 4.09. The van der Waals surface area contributed by atoms with Crippen molar-refractivity contribution in [3.63, 3.8) is 0 Å². The van der Waals surface area contributed by atoms with E-state index in [9.17, 15) is 4.79 Å². The molecule has 6 nitrogen and oxygen atoms in total. The highest BCUT2D eigenvalue weighted by Crippen LogP contribution is 2.23. The molecule has 0 aliphatic carbocycles. The van der Waals surface area contributed by atoms with Crippen LogP contribution in [0.2, 0.25) is 0 Å². The van der Waals surface area contributed by atoms with Crippen LogP contribution in [0.1, 0.15) is 29.5 Å². The monoisotopic (exact) mass is 531 g/mol. The molecule has 0 saturated carbocycles. The number of halogens is 1. The fourth-order valence-electron chi connectivity index (χ4n) is 4.09. The van der Waals surface area contributed by atoms with Crippen molar-refractivity contribution in [3.05, 3.63) is 65.4 Å². The molecule has 1 saturated heterocycles. The zero-order valence-corrected chi connectivity index (χ0v) is 20.4. The SMILES string of the molecule is CN=C(NCCc1c[nH]c2cccc(C)c12)NCc1ccc(N2CCCC2=O)cc1.I. The van der Waals surface area contributed by atoms with Crippen molar-refractivity contribution in [2.75, 3.05) is 25.0 Å². The number of H-pyrrole nitrogens is 1. The van der Waals surface area contributed by atoms with Crippen LogP contribution < -0.4 is 15.5 Å². The first-order valence-corrected chi connectivity index (χ1v) is 10.5. The van der Waals surface area contributed by atoms with Crippen molar-refractivity contribution in [1.82, 2.24) is 15.6 Å². The Morgan fingerprint density at radius 3 is 2.68 bits per heavy atom. The minimum atomic E-state index is 0. The summed E-state index contributed by atoms with van der Waals surface area (Å²) in [6.45, 7) is 4.46. The first-order chi connectivity index (χ1) is 14.7. The van der Waals surface area contributed by atoms with E-state index < -0.39 is 0 Å². The van der Waals surface area contributed by atoms with Gasteiger partial charge in [-0.1, -0.05) is 24.3 Å². The van der Waals surface area contributed by atoms with Gasteiger partial charge in [0.2, 0.25) is 5.91 Å². The van der Waals surface area contributed by atoms with Gasteiger partial charge >= 0.3 is 0 Å². The molecule has 1 fully saturated rings. The van der Waals surface area contributed by atoms with Gasteiger partial charge in [-0.25, -0.2) is 0 Å². The van der Waals surface area contributed by atoms with E-state index in [1.165, 1.54) is 22.0 Å². The lowest BCUT2D eigenvalue weighted by Crippen LogP contribution is -2.37. The topological polar surface area (TPSA) is 72.5 Å². The summed E-state index contributed by atoms with van der Waals surface area (Å²) in [5.41, 5.74) is 5.94. The van der Waals surface area contributed by atoms with Crippen molar-refractivity contribution in [2.45, 2.75) is 32.7 Å². The third-order valence-corrected chi connectivity index (χ3v) is 5.69. The zero-order valence-electron chi connectivity index (χ0n) is 18.1. The number of aliphatic imine (C=N–C) groups is 1. The molecule has 1 aliphatic heterocycles. The molecule has 7 heteroatoms. The molecule has 0 bridgehead atoms. The van der Waals surface area contributed by atoms with Gasteiger partial charge in [0.1, 0.15) is 0 Å². The number of carbonyl (C=O) groups is 1. The summed E-state index contributed by atoms with van der Waals surface area (Å²) in [4.78, 5) is 21.4. The molecule has 31 heavy (non-hydrogen) atoms. The summed E-state index contributed by atoms with van der Waals surface area (Å²) in [5, 5.41) is 8.08. The van der Waals surface area contributed by atoms with Crippen LogP contribution >= 0.6 is 24.0 Å². The maximum Gasteiger partial charge on any atom is 0.227 e. The second-order valence-electron chi connectivity index (χ2n) is 7.73. The van der Waals surface area contributed by atoms with Gasteiger partial charge in [0.25, 0.3) is 0 Å². The van der Waals surface area contributed by atoms with Gasteiger partial charge in [-0.15, -0.1) is 24.0 Å². The molecule has 4 rings (SSSR count). The van der Waals surface area contributed by atoms with Gasteiger partial charge in [0.05, 0.1) is 0 Å². The van der Waals surface area contributed by atoms with Crippen LogP contribution in [0.25, 0.3) is 10.9 Å². The van der Waals surface area contributed by atoms with E-state index in [1.54, 1.807) is 7.05 Å². The number of aromatic amines is 1. The third kappa shape index (κ3) is 5.39. The molecule has 1 aromatic heterocycles. The van der Waals surface area contributed by atoms with E-state index in [4.69, 9.17) is 0 Å². The number of guanidine groups is 1. The second kappa shape index (κ2) is 10.7. The highest BCUT2D eigenvalue weighted by atomic mass is 127. The average molecular weight is 531 g/mol. The second-order valence-corrected chi connectivity index (χ2v) is 7.73. The Labute approximate surface area is 200 Å². The molecule has 0 radical (unpaired) electrons. The highest BCUT2D eigenvalue weighted by molar-refractivity contribution is 14.0. The van der Waals surface area contributed by atoms with E-state index >= 15 is 0 Å². The number of amides is 1. The first kappa shape index (κ1) is 23.1. The number of aromatic nitrogens is 1. The Morgan fingerprint density at radius 1 is 1.16 bits per heavy atom. The number of nitrogens with one attached hydrogen (secondary N) is 3. The van der Waals surface area contributed by atoms with Crippen LogP contribution in [-0.2, 0) is 17.8 Å². The maximum atomic E-state index is 11.9. The Hall–Kier alpha value is -2.55. The molecule has 0 spiro atoms.